The number of benzene rings is 1. The second-order valence-electron chi connectivity index (χ2n) is 3.33. The molecular formula is C12H13ClO2. The van der Waals surface area contributed by atoms with E-state index in [9.17, 15) is 4.79 Å². The average molecular weight is 225 g/mol. The average Bonchev–Trinajstić information content (AvgIpc) is 2.20. The fraction of sp³-hybridized carbons (Fsp3) is 0.250. The fourth-order valence-corrected chi connectivity index (χ4v) is 1.64. The molecule has 0 amide bonds. The summed E-state index contributed by atoms with van der Waals surface area (Å²) in [6, 6.07) is 7.18. The van der Waals surface area contributed by atoms with Gasteiger partial charge < -0.3 is 4.42 Å². The molecule has 15 heavy (non-hydrogen) atoms. The van der Waals surface area contributed by atoms with E-state index in [1.54, 1.807) is 6.07 Å². The topological polar surface area (TPSA) is 30.2 Å². The molecule has 0 saturated heterocycles. The van der Waals surface area contributed by atoms with Gasteiger partial charge in [0.15, 0.2) is 5.43 Å². The van der Waals surface area contributed by atoms with Gasteiger partial charge in [-0.25, -0.2) is 0 Å². The van der Waals surface area contributed by atoms with Crippen LogP contribution >= 0.6 is 12.4 Å². The Morgan fingerprint density at radius 1 is 1.27 bits per heavy atom. The first-order valence-electron chi connectivity index (χ1n) is 4.82. The van der Waals surface area contributed by atoms with Crippen LogP contribution in [0.3, 0.4) is 0 Å². The van der Waals surface area contributed by atoms with Gasteiger partial charge in [0.2, 0.25) is 0 Å². The molecule has 0 atom stereocenters. The molecule has 0 aliphatic rings. The first kappa shape index (κ1) is 11.8. The number of halogens is 1. The van der Waals surface area contributed by atoms with Crippen molar-refractivity contribution in [2.45, 2.75) is 19.8 Å². The SMILES string of the molecule is CCCc1cccc2c(=O)ccoc12.Cl. The monoisotopic (exact) mass is 224 g/mol. The van der Waals surface area contributed by atoms with Gasteiger partial charge in [0, 0.05) is 6.07 Å². The van der Waals surface area contributed by atoms with Gasteiger partial charge in [-0.15, -0.1) is 12.4 Å². The van der Waals surface area contributed by atoms with Crippen molar-refractivity contribution in [3.63, 3.8) is 0 Å². The zero-order chi connectivity index (χ0) is 9.97. The minimum absolute atomic E-state index is 0. The van der Waals surface area contributed by atoms with E-state index < -0.39 is 0 Å². The van der Waals surface area contributed by atoms with Crippen molar-refractivity contribution in [3.05, 3.63) is 46.3 Å². The molecule has 80 valence electrons. The highest BCUT2D eigenvalue weighted by atomic mass is 35.5. The van der Waals surface area contributed by atoms with E-state index in [1.807, 2.05) is 12.1 Å². The first-order valence-corrected chi connectivity index (χ1v) is 4.82. The number of para-hydroxylation sites is 1. The summed E-state index contributed by atoms with van der Waals surface area (Å²) in [7, 11) is 0. The summed E-state index contributed by atoms with van der Waals surface area (Å²) in [6.07, 6.45) is 3.46. The molecule has 1 aromatic carbocycles. The van der Waals surface area contributed by atoms with Crippen molar-refractivity contribution in [1.29, 1.82) is 0 Å². The first-order chi connectivity index (χ1) is 6.83. The molecule has 0 bridgehead atoms. The zero-order valence-electron chi connectivity index (χ0n) is 8.53. The molecule has 0 N–H and O–H groups in total. The van der Waals surface area contributed by atoms with Crippen molar-refractivity contribution in [2.24, 2.45) is 0 Å². The number of aryl methyl sites for hydroxylation is 1. The van der Waals surface area contributed by atoms with Crippen LogP contribution in [0.1, 0.15) is 18.9 Å². The van der Waals surface area contributed by atoms with Crippen LogP contribution in [0, 0.1) is 0 Å². The minimum atomic E-state index is 0. The van der Waals surface area contributed by atoms with Crippen molar-refractivity contribution >= 4 is 23.4 Å². The second kappa shape index (κ2) is 4.99. The van der Waals surface area contributed by atoms with E-state index in [4.69, 9.17) is 4.42 Å². The predicted octanol–water partition coefficient (Wildman–Crippen LogP) is 3.17. The Labute approximate surface area is 94.3 Å². The Kier molecular flexibility index (Phi) is 3.92. The van der Waals surface area contributed by atoms with Crippen LogP contribution in [-0.4, -0.2) is 0 Å². The lowest BCUT2D eigenvalue weighted by molar-refractivity contribution is 0.597. The van der Waals surface area contributed by atoms with Gasteiger partial charge in [-0.2, -0.15) is 0 Å². The molecule has 0 unspecified atom stereocenters. The van der Waals surface area contributed by atoms with Crippen molar-refractivity contribution in [1.82, 2.24) is 0 Å². The van der Waals surface area contributed by atoms with Gasteiger partial charge in [-0.3, -0.25) is 4.79 Å². The smallest absolute Gasteiger partial charge is 0.192 e. The van der Waals surface area contributed by atoms with Crippen LogP contribution in [0.4, 0.5) is 0 Å². The molecule has 2 aromatic rings. The third-order valence-corrected chi connectivity index (χ3v) is 2.29. The van der Waals surface area contributed by atoms with E-state index in [0.29, 0.717) is 5.39 Å². The van der Waals surface area contributed by atoms with Crippen molar-refractivity contribution < 1.29 is 4.42 Å². The summed E-state index contributed by atoms with van der Waals surface area (Å²) in [4.78, 5) is 11.5. The summed E-state index contributed by atoms with van der Waals surface area (Å²) in [6.45, 7) is 2.11. The molecule has 0 spiro atoms. The normalized spacial score (nSPS) is 9.93. The van der Waals surface area contributed by atoms with Crippen molar-refractivity contribution in [2.75, 3.05) is 0 Å². The van der Waals surface area contributed by atoms with Crippen molar-refractivity contribution in [3.8, 4) is 0 Å². The molecule has 0 aliphatic heterocycles. The highest BCUT2D eigenvalue weighted by Gasteiger charge is 2.03. The summed E-state index contributed by atoms with van der Waals surface area (Å²) < 4.78 is 5.38. The maximum absolute atomic E-state index is 11.5. The van der Waals surface area contributed by atoms with Crippen LogP contribution in [0.2, 0.25) is 0 Å². The summed E-state index contributed by atoms with van der Waals surface area (Å²) >= 11 is 0. The van der Waals surface area contributed by atoms with Crippen LogP contribution in [0.5, 0.6) is 0 Å². The maximum Gasteiger partial charge on any atom is 0.192 e. The molecule has 1 heterocycles. The van der Waals surface area contributed by atoms with Gasteiger partial charge in [-0.1, -0.05) is 25.5 Å². The lowest BCUT2D eigenvalue weighted by Gasteiger charge is -2.02. The quantitative estimate of drug-likeness (QED) is 0.785. The number of fused-ring (bicyclic) bond motifs is 1. The Morgan fingerprint density at radius 3 is 2.80 bits per heavy atom. The largest absolute Gasteiger partial charge is 0.464 e. The Morgan fingerprint density at radius 2 is 2.07 bits per heavy atom. The maximum atomic E-state index is 11.5. The molecule has 2 rings (SSSR count). The van der Waals surface area contributed by atoms with E-state index in [0.717, 1.165) is 24.0 Å². The zero-order valence-corrected chi connectivity index (χ0v) is 9.34. The second-order valence-corrected chi connectivity index (χ2v) is 3.33. The van der Waals surface area contributed by atoms with Gasteiger partial charge in [-0.05, 0) is 18.1 Å². The van der Waals surface area contributed by atoms with Crippen LogP contribution < -0.4 is 5.43 Å². The standard InChI is InChI=1S/C12H12O2.ClH/c1-2-4-9-5-3-6-10-11(13)7-8-14-12(9)10;/h3,5-8H,2,4H2,1H3;1H. The Balaban J connectivity index is 0.00000112. The van der Waals surface area contributed by atoms with Gasteiger partial charge in [0.1, 0.15) is 5.58 Å². The highest BCUT2D eigenvalue weighted by Crippen LogP contribution is 2.16. The number of hydrogen-bond donors (Lipinski definition) is 0. The van der Waals surface area contributed by atoms with Crippen LogP contribution in [-0.2, 0) is 6.42 Å². The summed E-state index contributed by atoms with van der Waals surface area (Å²) in [5, 5.41) is 0.679. The lowest BCUT2D eigenvalue weighted by atomic mass is 10.1. The molecule has 0 radical (unpaired) electrons. The van der Waals surface area contributed by atoms with Gasteiger partial charge >= 0.3 is 0 Å². The van der Waals surface area contributed by atoms with Crippen LogP contribution in [0.15, 0.2) is 39.7 Å². The highest BCUT2D eigenvalue weighted by molar-refractivity contribution is 5.85. The van der Waals surface area contributed by atoms with E-state index in [1.165, 1.54) is 12.3 Å². The third kappa shape index (κ3) is 2.21. The molecule has 3 heteroatoms. The number of rotatable bonds is 2. The van der Waals surface area contributed by atoms with E-state index >= 15 is 0 Å². The molecule has 0 aliphatic carbocycles. The molecule has 2 nitrogen and oxygen atoms in total. The summed E-state index contributed by atoms with van der Waals surface area (Å²) in [5.41, 5.74) is 1.88. The summed E-state index contributed by atoms with van der Waals surface area (Å²) in [5.74, 6) is 0. The van der Waals surface area contributed by atoms with E-state index in [2.05, 4.69) is 6.92 Å². The lowest BCUT2D eigenvalue weighted by Crippen LogP contribution is -1.99. The Bertz CT molecular complexity index is 502. The Hall–Kier alpha value is -1.28. The molecule has 0 fully saturated rings. The molecule has 1 aromatic heterocycles. The fourth-order valence-electron chi connectivity index (χ4n) is 1.64. The predicted molar refractivity (Wildman–Crippen MR) is 63.7 cm³/mol. The number of hydrogen-bond acceptors (Lipinski definition) is 2. The molecule has 0 saturated carbocycles. The molecular weight excluding hydrogens is 212 g/mol. The van der Waals surface area contributed by atoms with Gasteiger partial charge in [0.25, 0.3) is 0 Å². The van der Waals surface area contributed by atoms with Gasteiger partial charge in [0.05, 0.1) is 11.6 Å². The van der Waals surface area contributed by atoms with Crippen LogP contribution in [0.25, 0.3) is 11.0 Å². The minimum Gasteiger partial charge on any atom is -0.464 e. The third-order valence-electron chi connectivity index (χ3n) is 2.29. The van der Waals surface area contributed by atoms with E-state index in [-0.39, 0.29) is 17.8 Å².